The van der Waals surface area contributed by atoms with Gasteiger partial charge in [0.2, 0.25) is 5.91 Å². The minimum absolute atomic E-state index is 0.0533. The molecule has 1 amide bonds. The number of hydrogen-bond acceptors (Lipinski definition) is 3. The van der Waals surface area contributed by atoms with E-state index >= 15 is 0 Å². The maximum Gasteiger partial charge on any atom is 0.241 e. The van der Waals surface area contributed by atoms with E-state index in [-0.39, 0.29) is 17.8 Å². The second kappa shape index (κ2) is 9.34. The summed E-state index contributed by atoms with van der Waals surface area (Å²) >= 11 is 0. The molecule has 4 nitrogen and oxygen atoms in total. The van der Waals surface area contributed by atoms with Gasteiger partial charge in [-0.3, -0.25) is 9.69 Å². The molecule has 2 rings (SSSR count). The quantitative estimate of drug-likeness (QED) is 0.765. The smallest absolute Gasteiger partial charge is 0.241 e. The number of hydrogen-bond donors (Lipinski definition) is 1. The molecule has 1 unspecified atom stereocenters. The van der Waals surface area contributed by atoms with Crippen molar-refractivity contribution < 1.29 is 13.9 Å². The van der Waals surface area contributed by atoms with Crippen molar-refractivity contribution in [2.75, 3.05) is 25.5 Å². The Kier molecular flexibility index (Phi) is 7.16. The molecular weight excluding hydrogens is 331 g/mol. The molecule has 0 fully saturated rings. The van der Waals surface area contributed by atoms with Crippen molar-refractivity contribution in [3.63, 3.8) is 0 Å². The minimum atomic E-state index is -0.299. The predicted molar refractivity (Wildman–Crippen MR) is 103 cm³/mol. The molecule has 0 aromatic heterocycles. The molecule has 5 heteroatoms. The molecule has 2 aromatic carbocycles. The fraction of sp³-hybridized carbons (Fsp3) is 0.381. The molecular formula is C21H27FN2O2. The van der Waals surface area contributed by atoms with Gasteiger partial charge in [0.05, 0.1) is 6.04 Å². The number of nitrogens with zero attached hydrogens (tertiary/aromatic N) is 1. The highest BCUT2D eigenvalue weighted by Crippen LogP contribution is 2.24. The molecule has 0 saturated carbocycles. The lowest BCUT2D eigenvalue weighted by molar-refractivity contribution is -0.120. The van der Waals surface area contributed by atoms with Crippen molar-refractivity contribution >= 4 is 11.6 Å². The van der Waals surface area contributed by atoms with E-state index in [4.69, 9.17) is 4.74 Å². The Morgan fingerprint density at radius 3 is 2.42 bits per heavy atom. The van der Waals surface area contributed by atoms with Gasteiger partial charge in [-0.2, -0.15) is 0 Å². The first kappa shape index (κ1) is 19.9. The van der Waals surface area contributed by atoms with Crippen LogP contribution in [0.1, 0.15) is 32.3 Å². The van der Waals surface area contributed by atoms with Crippen LogP contribution in [0, 0.1) is 5.82 Å². The lowest BCUT2D eigenvalue weighted by Crippen LogP contribution is -2.41. The van der Waals surface area contributed by atoms with E-state index in [0.29, 0.717) is 24.8 Å². The standard InChI is InChI=1S/C21H27FN2O2/c1-15(2)19-7-5-6-8-20(19)23-21(25)16(3)24(4)13-14-26-18-11-9-17(22)10-12-18/h5-12,15-16H,13-14H2,1-4H3,(H,23,25). The molecule has 0 saturated heterocycles. The van der Waals surface area contributed by atoms with Crippen molar-refractivity contribution in [1.82, 2.24) is 4.90 Å². The number of ether oxygens (including phenoxy) is 1. The van der Waals surface area contributed by atoms with E-state index in [0.717, 1.165) is 11.3 Å². The van der Waals surface area contributed by atoms with Crippen LogP contribution >= 0.6 is 0 Å². The third-order valence-corrected chi connectivity index (χ3v) is 4.41. The topological polar surface area (TPSA) is 41.6 Å². The Balaban J connectivity index is 1.86. The number of benzene rings is 2. The Bertz CT molecular complexity index is 716. The van der Waals surface area contributed by atoms with E-state index in [1.165, 1.54) is 12.1 Å². The fourth-order valence-electron chi connectivity index (χ4n) is 2.58. The van der Waals surface area contributed by atoms with Crippen molar-refractivity contribution in [3.05, 3.63) is 59.9 Å². The summed E-state index contributed by atoms with van der Waals surface area (Å²) in [5.41, 5.74) is 1.98. The molecule has 0 aliphatic rings. The molecule has 26 heavy (non-hydrogen) atoms. The number of anilines is 1. The van der Waals surface area contributed by atoms with Crippen molar-refractivity contribution in [3.8, 4) is 5.75 Å². The first-order valence-electron chi connectivity index (χ1n) is 8.87. The van der Waals surface area contributed by atoms with Gasteiger partial charge in [-0.05, 0) is 55.8 Å². The molecule has 140 valence electrons. The largest absolute Gasteiger partial charge is 0.492 e. The van der Waals surface area contributed by atoms with Gasteiger partial charge in [0.25, 0.3) is 0 Å². The first-order chi connectivity index (χ1) is 12.4. The van der Waals surface area contributed by atoms with Crippen molar-refractivity contribution in [1.29, 1.82) is 0 Å². The van der Waals surface area contributed by atoms with Crippen molar-refractivity contribution in [2.24, 2.45) is 0 Å². The van der Waals surface area contributed by atoms with Crippen molar-refractivity contribution in [2.45, 2.75) is 32.7 Å². The minimum Gasteiger partial charge on any atom is -0.492 e. The van der Waals surface area contributed by atoms with E-state index < -0.39 is 0 Å². The zero-order valence-electron chi connectivity index (χ0n) is 15.8. The number of carbonyl (C=O) groups excluding carboxylic acids is 1. The number of halogens is 1. The fourth-order valence-corrected chi connectivity index (χ4v) is 2.58. The Morgan fingerprint density at radius 2 is 1.77 bits per heavy atom. The normalized spacial score (nSPS) is 12.3. The van der Waals surface area contributed by atoms with Crippen LogP contribution in [0.5, 0.6) is 5.75 Å². The molecule has 0 heterocycles. The van der Waals surface area contributed by atoms with Crippen LogP contribution in [-0.2, 0) is 4.79 Å². The van der Waals surface area contributed by atoms with Gasteiger partial charge in [-0.15, -0.1) is 0 Å². The summed E-state index contributed by atoms with van der Waals surface area (Å²) < 4.78 is 18.5. The van der Waals surface area contributed by atoms with Gasteiger partial charge in [-0.1, -0.05) is 32.0 Å². The molecule has 1 N–H and O–H groups in total. The summed E-state index contributed by atoms with van der Waals surface area (Å²) in [7, 11) is 1.88. The van der Waals surface area contributed by atoms with Gasteiger partial charge in [0, 0.05) is 12.2 Å². The number of para-hydroxylation sites is 1. The zero-order chi connectivity index (χ0) is 19.1. The molecule has 0 radical (unpaired) electrons. The van der Waals surface area contributed by atoms with E-state index in [2.05, 4.69) is 19.2 Å². The summed E-state index contributed by atoms with van der Waals surface area (Å²) in [6.07, 6.45) is 0. The Morgan fingerprint density at radius 1 is 1.12 bits per heavy atom. The SMILES string of the molecule is CC(C)c1ccccc1NC(=O)C(C)N(C)CCOc1ccc(F)cc1. The summed E-state index contributed by atoms with van der Waals surface area (Å²) in [6.45, 7) is 7.08. The number of likely N-dealkylation sites (N-methyl/N-ethyl adjacent to an activating group) is 1. The average Bonchev–Trinajstić information content (AvgIpc) is 2.62. The monoisotopic (exact) mass is 358 g/mol. The summed E-state index contributed by atoms with van der Waals surface area (Å²) in [5, 5.41) is 3.02. The lowest BCUT2D eigenvalue weighted by Gasteiger charge is -2.24. The third-order valence-electron chi connectivity index (χ3n) is 4.41. The highest BCUT2D eigenvalue weighted by molar-refractivity contribution is 5.95. The molecule has 0 aliphatic heterocycles. The van der Waals surface area contributed by atoms with E-state index in [1.54, 1.807) is 12.1 Å². The van der Waals surface area contributed by atoms with E-state index in [9.17, 15) is 9.18 Å². The number of nitrogens with one attached hydrogen (secondary N) is 1. The van der Waals surface area contributed by atoms with Crippen LogP contribution in [0.25, 0.3) is 0 Å². The predicted octanol–water partition coefficient (Wildman–Crippen LogP) is 4.29. The third kappa shape index (κ3) is 5.56. The number of amides is 1. The number of rotatable bonds is 8. The molecule has 0 aliphatic carbocycles. The molecule has 1 atom stereocenters. The van der Waals surface area contributed by atoms with Gasteiger partial charge < -0.3 is 10.1 Å². The lowest BCUT2D eigenvalue weighted by atomic mass is 10.0. The Labute approximate surface area is 155 Å². The summed E-state index contributed by atoms with van der Waals surface area (Å²) in [5.74, 6) is 0.607. The highest BCUT2D eigenvalue weighted by atomic mass is 19.1. The van der Waals surface area contributed by atoms with Crippen LogP contribution in [0.2, 0.25) is 0 Å². The molecule has 2 aromatic rings. The number of carbonyl (C=O) groups is 1. The van der Waals surface area contributed by atoms with Gasteiger partial charge in [-0.25, -0.2) is 4.39 Å². The Hall–Kier alpha value is -2.40. The van der Waals surface area contributed by atoms with Gasteiger partial charge in [0.15, 0.2) is 0 Å². The van der Waals surface area contributed by atoms with Gasteiger partial charge >= 0.3 is 0 Å². The highest BCUT2D eigenvalue weighted by Gasteiger charge is 2.19. The second-order valence-corrected chi connectivity index (χ2v) is 6.69. The molecule has 0 spiro atoms. The maximum absolute atomic E-state index is 12.9. The molecule has 0 bridgehead atoms. The van der Waals surface area contributed by atoms with Crippen LogP contribution in [-0.4, -0.2) is 37.0 Å². The summed E-state index contributed by atoms with van der Waals surface area (Å²) in [4.78, 5) is 14.5. The zero-order valence-corrected chi connectivity index (χ0v) is 15.8. The van der Waals surface area contributed by atoms with Crippen LogP contribution in [0.15, 0.2) is 48.5 Å². The first-order valence-corrected chi connectivity index (χ1v) is 8.87. The average molecular weight is 358 g/mol. The maximum atomic E-state index is 12.9. The second-order valence-electron chi connectivity index (χ2n) is 6.69. The van der Waals surface area contributed by atoms with Crippen LogP contribution in [0.3, 0.4) is 0 Å². The van der Waals surface area contributed by atoms with Crippen LogP contribution in [0.4, 0.5) is 10.1 Å². The van der Waals surface area contributed by atoms with E-state index in [1.807, 2.05) is 43.1 Å². The van der Waals surface area contributed by atoms with Crippen LogP contribution < -0.4 is 10.1 Å². The van der Waals surface area contributed by atoms with Gasteiger partial charge in [0.1, 0.15) is 18.2 Å². The summed E-state index contributed by atoms with van der Waals surface area (Å²) in [6, 6.07) is 13.5.